The largest absolute Gasteiger partial charge is 0.444 e. The predicted molar refractivity (Wildman–Crippen MR) is 162 cm³/mol. The van der Waals surface area contributed by atoms with Gasteiger partial charge in [-0.25, -0.2) is 4.79 Å². The van der Waals surface area contributed by atoms with Crippen LogP contribution in [0.3, 0.4) is 0 Å². The Balaban J connectivity index is 4.37. The van der Waals surface area contributed by atoms with Crippen molar-refractivity contribution in [2.24, 2.45) is 5.41 Å². The van der Waals surface area contributed by atoms with Crippen molar-refractivity contribution in [3.05, 3.63) is 0 Å². The van der Waals surface area contributed by atoms with Gasteiger partial charge in [-0.3, -0.25) is 24.0 Å². The van der Waals surface area contributed by atoms with Crippen LogP contribution in [-0.2, 0) is 42.9 Å². The fourth-order valence-electron chi connectivity index (χ4n) is 3.40. The third-order valence-corrected chi connectivity index (χ3v) is 5.59. The third-order valence-electron chi connectivity index (χ3n) is 5.59. The van der Waals surface area contributed by atoms with E-state index < -0.39 is 54.0 Å². The molecule has 254 valence electrons. The van der Waals surface area contributed by atoms with Crippen molar-refractivity contribution in [3.63, 3.8) is 0 Å². The van der Waals surface area contributed by atoms with Crippen LogP contribution in [0, 0.1) is 5.41 Å². The van der Waals surface area contributed by atoms with Gasteiger partial charge in [0.15, 0.2) is 5.78 Å². The Labute approximate surface area is 260 Å². The van der Waals surface area contributed by atoms with Crippen LogP contribution < -0.4 is 26.6 Å². The van der Waals surface area contributed by atoms with Crippen LogP contribution in [-0.4, -0.2) is 113 Å². The smallest absolute Gasteiger partial charge is 0.408 e. The highest BCUT2D eigenvalue weighted by Gasteiger charge is 2.30. The average Bonchev–Trinajstić information content (AvgIpc) is 2.92. The molecule has 0 heterocycles. The van der Waals surface area contributed by atoms with Crippen LogP contribution in [0.4, 0.5) is 4.79 Å². The van der Waals surface area contributed by atoms with Crippen LogP contribution in [0.25, 0.3) is 0 Å². The maximum atomic E-state index is 12.9. The van der Waals surface area contributed by atoms with E-state index in [2.05, 4.69) is 26.6 Å². The molecule has 5 N–H and O–H groups in total. The number of ketones is 1. The molecule has 0 aromatic heterocycles. The van der Waals surface area contributed by atoms with E-state index >= 15 is 0 Å². The molecule has 15 nitrogen and oxygen atoms in total. The van der Waals surface area contributed by atoms with Crippen LogP contribution in [0.15, 0.2) is 0 Å². The third kappa shape index (κ3) is 23.2. The molecule has 0 fully saturated rings. The fraction of sp³-hybridized carbons (Fsp3) is 0.793. The summed E-state index contributed by atoms with van der Waals surface area (Å²) in [7, 11) is 1.59. The molecule has 1 atom stereocenters. The van der Waals surface area contributed by atoms with Crippen molar-refractivity contribution >= 4 is 35.5 Å². The molecule has 15 heteroatoms. The Hall–Kier alpha value is -3.30. The van der Waals surface area contributed by atoms with E-state index in [4.69, 9.17) is 18.9 Å². The Bertz CT molecular complexity index is 915. The van der Waals surface area contributed by atoms with Crippen LogP contribution >= 0.6 is 0 Å². The maximum absolute atomic E-state index is 12.9. The summed E-state index contributed by atoms with van der Waals surface area (Å²) in [5, 5.41) is 12.5. The highest BCUT2D eigenvalue weighted by Crippen LogP contribution is 2.19. The number of hydrogen-bond donors (Lipinski definition) is 5. The predicted octanol–water partition coefficient (Wildman–Crippen LogP) is 0.200. The minimum Gasteiger partial charge on any atom is -0.444 e. The number of nitrogens with one attached hydrogen (secondary N) is 5. The summed E-state index contributed by atoms with van der Waals surface area (Å²) in [4.78, 5) is 72.9. The first kappa shape index (κ1) is 40.7. The highest BCUT2D eigenvalue weighted by atomic mass is 16.6. The molecule has 0 spiro atoms. The second-order valence-corrected chi connectivity index (χ2v) is 12.0. The topological polar surface area (TPSA) is 199 Å². The molecule has 0 aliphatic rings. The lowest BCUT2D eigenvalue weighted by Crippen LogP contribution is -2.49. The number of alkyl carbamates (subject to hydrolysis) is 1. The summed E-state index contributed by atoms with van der Waals surface area (Å²) in [6.07, 6.45) is 0.979. The minimum atomic E-state index is -0.770. The number of unbranched alkanes of at least 4 members (excludes halogenated alkanes) is 1. The molecule has 0 saturated heterocycles. The number of carbonyl (C=O) groups is 6. The zero-order valence-corrected chi connectivity index (χ0v) is 27.4. The Kier molecular flexibility index (Phi) is 20.6. The fourth-order valence-corrected chi connectivity index (χ4v) is 3.40. The lowest BCUT2D eigenvalue weighted by atomic mass is 9.84. The molecule has 0 aromatic rings. The molecule has 0 bridgehead atoms. The summed E-state index contributed by atoms with van der Waals surface area (Å²) in [5.41, 5.74) is -1.42. The molecule has 0 radical (unpaired) electrons. The van der Waals surface area contributed by atoms with Crippen LogP contribution in [0.5, 0.6) is 0 Å². The van der Waals surface area contributed by atoms with Crippen LogP contribution in [0.1, 0.15) is 67.2 Å². The van der Waals surface area contributed by atoms with Gasteiger partial charge in [-0.15, -0.1) is 0 Å². The number of rotatable bonds is 22. The lowest BCUT2D eigenvalue weighted by Gasteiger charge is -2.25. The van der Waals surface area contributed by atoms with Gasteiger partial charge in [0.1, 0.15) is 12.1 Å². The number of hydrogen-bond acceptors (Lipinski definition) is 10. The average molecular weight is 632 g/mol. The second-order valence-electron chi connectivity index (χ2n) is 12.0. The Morgan fingerprint density at radius 2 is 1.18 bits per heavy atom. The number of Topliss-reactive ketones (excluding diaryl/α,β-unsaturated/α-hetero) is 1. The van der Waals surface area contributed by atoms with Gasteiger partial charge in [-0.05, 0) is 40.0 Å². The number of carbonyl (C=O) groups excluding carboxylic acids is 6. The molecule has 0 aliphatic heterocycles. The van der Waals surface area contributed by atoms with Gasteiger partial charge in [-0.2, -0.15) is 0 Å². The van der Waals surface area contributed by atoms with Crippen molar-refractivity contribution < 1.29 is 47.7 Å². The van der Waals surface area contributed by atoms with Crippen molar-refractivity contribution in [1.29, 1.82) is 0 Å². The van der Waals surface area contributed by atoms with E-state index in [-0.39, 0.29) is 31.3 Å². The maximum Gasteiger partial charge on any atom is 0.408 e. The van der Waals surface area contributed by atoms with E-state index in [0.717, 1.165) is 0 Å². The first-order valence-corrected chi connectivity index (χ1v) is 14.8. The first-order valence-electron chi connectivity index (χ1n) is 14.8. The van der Waals surface area contributed by atoms with E-state index in [1.807, 2.05) is 0 Å². The van der Waals surface area contributed by atoms with E-state index in [1.54, 1.807) is 48.7 Å². The van der Waals surface area contributed by atoms with Gasteiger partial charge < -0.3 is 45.5 Å². The molecule has 1 unspecified atom stereocenters. The monoisotopic (exact) mass is 631 g/mol. The molecule has 0 saturated carbocycles. The zero-order chi connectivity index (χ0) is 33.6. The molecule has 0 rings (SSSR count). The second kappa shape index (κ2) is 22.2. The van der Waals surface area contributed by atoms with Gasteiger partial charge >= 0.3 is 6.09 Å². The zero-order valence-electron chi connectivity index (χ0n) is 27.4. The molecule has 0 aromatic carbocycles. The minimum absolute atomic E-state index is 0.146. The molecule has 5 amide bonds. The van der Waals surface area contributed by atoms with Crippen molar-refractivity contribution in [1.82, 2.24) is 26.6 Å². The highest BCUT2D eigenvalue weighted by molar-refractivity contribution is 5.94. The first-order chi connectivity index (χ1) is 20.5. The number of methoxy groups -OCH3 is 1. The summed E-state index contributed by atoms with van der Waals surface area (Å²) < 4.78 is 20.5. The van der Waals surface area contributed by atoms with Gasteiger partial charge in [0.05, 0.1) is 52.2 Å². The quantitative estimate of drug-likeness (QED) is 0.103. The standard InChI is InChI=1S/C29H53N5O10/c1-28(2,3)26(39)21(10-8-9-12-30-22(35)11-13-42-16-17-43-15-14-41-7)34-25(38)20-32-23(36)18-31-24(37)19-33-27(40)44-29(4,5)6/h21H,8-20H2,1-7H3,(H,30,35)(H,31,37)(H,32,36)(H,33,40)(H,34,38). The molecule has 44 heavy (non-hydrogen) atoms. The summed E-state index contributed by atoms with van der Waals surface area (Å²) in [6, 6.07) is -0.770. The molecule has 0 aliphatic carbocycles. The van der Waals surface area contributed by atoms with E-state index in [0.29, 0.717) is 52.2 Å². The number of amides is 5. The number of ether oxygens (including phenoxy) is 4. The molecular formula is C29H53N5O10. The van der Waals surface area contributed by atoms with Crippen molar-refractivity contribution in [3.8, 4) is 0 Å². The normalized spacial score (nSPS) is 12.1. The Morgan fingerprint density at radius 3 is 1.75 bits per heavy atom. The van der Waals surface area contributed by atoms with E-state index in [9.17, 15) is 28.8 Å². The van der Waals surface area contributed by atoms with Crippen LogP contribution in [0.2, 0.25) is 0 Å². The van der Waals surface area contributed by atoms with Gasteiger partial charge in [0.25, 0.3) is 0 Å². The summed E-state index contributed by atoms with van der Waals surface area (Å²) in [5.74, 6) is -2.10. The van der Waals surface area contributed by atoms with Crippen molar-refractivity contribution in [2.75, 3.05) is 66.3 Å². The summed E-state index contributed by atoms with van der Waals surface area (Å²) >= 11 is 0. The van der Waals surface area contributed by atoms with Gasteiger partial charge in [0.2, 0.25) is 23.6 Å². The van der Waals surface area contributed by atoms with E-state index in [1.165, 1.54) is 0 Å². The summed E-state index contributed by atoms with van der Waals surface area (Å²) in [6.45, 7) is 11.6. The van der Waals surface area contributed by atoms with Gasteiger partial charge in [0, 0.05) is 25.5 Å². The SMILES string of the molecule is COCCOCCOCCC(=O)NCCCCC(NC(=O)CNC(=O)CNC(=O)CNC(=O)OC(C)(C)C)C(=O)C(C)(C)C. The lowest BCUT2D eigenvalue weighted by molar-refractivity contribution is -0.133. The molecular weight excluding hydrogens is 578 g/mol. The van der Waals surface area contributed by atoms with Crippen molar-refractivity contribution in [2.45, 2.75) is 78.9 Å². The van der Waals surface area contributed by atoms with Gasteiger partial charge in [-0.1, -0.05) is 20.8 Å². The Morgan fingerprint density at radius 1 is 0.636 bits per heavy atom.